The molecule has 0 spiro atoms. The number of anilines is 2. The van der Waals surface area contributed by atoms with E-state index in [2.05, 4.69) is 15.5 Å². The fraction of sp³-hybridized carbons (Fsp3) is 0.160. The number of hydrogen-bond acceptors (Lipinski definition) is 8. The lowest BCUT2D eigenvalue weighted by atomic mass is 10.2. The second-order valence-electron chi connectivity index (χ2n) is 8.05. The fourth-order valence-electron chi connectivity index (χ4n) is 3.71. The Hall–Kier alpha value is -3.96. The molecular weight excluding hydrogens is 500 g/mol. The van der Waals surface area contributed by atoms with Crippen LogP contribution in [-0.4, -0.2) is 44.3 Å². The van der Waals surface area contributed by atoms with E-state index < -0.39 is 22.0 Å². The van der Waals surface area contributed by atoms with Gasteiger partial charge in [-0.2, -0.15) is 0 Å². The molecule has 11 heteroatoms. The lowest BCUT2D eigenvalue weighted by molar-refractivity contribution is -0.122. The van der Waals surface area contributed by atoms with Gasteiger partial charge >= 0.3 is 0 Å². The maximum Gasteiger partial charge on any atom is 0.269 e. The monoisotopic (exact) mass is 522 g/mol. The van der Waals surface area contributed by atoms with Crippen LogP contribution in [0.5, 0.6) is 11.5 Å². The number of ether oxygens (including phenoxy) is 2. The van der Waals surface area contributed by atoms with Crippen molar-refractivity contribution < 1.29 is 22.7 Å². The van der Waals surface area contributed by atoms with Crippen LogP contribution >= 0.6 is 11.3 Å². The number of hydrogen-bond donors (Lipinski definition) is 1. The van der Waals surface area contributed by atoms with E-state index in [0.717, 1.165) is 11.1 Å². The molecule has 9 nitrogen and oxygen atoms in total. The van der Waals surface area contributed by atoms with Crippen LogP contribution in [0.15, 0.2) is 77.7 Å². The van der Waals surface area contributed by atoms with Crippen molar-refractivity contribution >= 4 is 38.1 Å². The van der Waals surface area contributed by atoms with Crippen molar-refractivity contribution in [1.82, 2.24) is 10.2 Å². The molecule has 184 valence electrons. The molecule has 4 aromatic rings. The first-order chi connectivity index (χ1) is 17.3. The minimum Gasteiger partial charge on any atom is -0.497 e. The van der Waals surface area contributed by atoms with Gasteiger partial charge in [-0.3, -0.25) is 14.4 Å². The number of methoxy groups -OCH3 is 1. The number of nitrogens with zero attached hydrogens (tertiary/aromatic N) is 3. The maximum absolute atomic E-state index is 13.5. The molecule has 0 bridgehead atoms. The third-order valence-corrected chi connectivity index (χ3v) is 8.31. The molecule has 1 aliphatic rings. The Labute approximate surface area is 212 Å². The minimum atomic E-state index is -3.98. The number of aryl methyl sites for hydroxylation is 1. The first-order valence-electron chi connectivity index (χ1n) is 11.0. The topological polar surface area (TPSA) is 111 Å². The van der Waals surface area contributed by atoms with Gasteiger partial charge in [0, 0.05) is 5.56 Å². The predicted molar refractivity (Wildman–Crippen MR) is 137 cm³/mol. The molecule has 0 aliphatic carbocycles. The standard InChI is InChI=1S/C25H22N4O5S2/c1-16-7-9-17(10-8-16)24-27-28-25(35-24)26-23(30)22-15-29(20-5-3-4-6-21(20)34-22)36(31,32)19-13-11-18(33-2)12-14-19/h3-14,22H,15H2,1-2H3,(H,26,28,30)/t22-/m1/s1. The van der Waals surface area contributed by atoms with Crippen molar-refractivity contribution in [1.29, 1.82) is 0 Å². The van der Waals surface area contributed by atoms with Gasteiger partial charge in [0.15, 0.2) is 6.10 Å². The van der Waals surface area contributed by atoms with Crippen LogP contribution in [0.4, 0.5) is 10.8 Å². The highest BCUT2D eigenvalue weighted by atomic mass is 32.2. The van der Waals surface area contributed by atoms with E-state index in [4.69, 9.17) is 9.47 Å². The number of carbonyl (C=O) groups is 1. The maximum atomic E-state index is 13.5. The zero-order chi connectivity index (χ0) is 25.3. The minimum absolute atomic E-state index is 0.0750. The predicted octanol–water partition coefficient (Wildman–Crippen LogP) is 4.12. The van der Waals surface area contributed by atoms with Crippen LogP contribution in [0.1, 0.15) is 5.56 Å². The first kappa shape index (κ1) is 23.8. The van der Waals surface area contributed by atoms with Crippen molar-refractivity contribution in [3.63, 3.8) is 0 Å². The Morgan fingerprint density at radius 2 is 1.78 bits per heavy atom. The Kier molecular flexibility index (Phi) is 6.33. The third kappa shape index (κ3) is 4.62. The van der Waals surface area contributed by atoms with Gasteiger partial charge in [-0.25, -0.2) is 8.42 Å². The molecule has 36 heavy (non-hydrogen) atoms. The van der Waals surface area contributed by atoms with Gasteiger partial charge in [0.2, 0.25) is 5.13 Å². The van der Waals surface area contributed by atoms with Crippen LogP contribution in [0.3, 0.4) is 0 Å². The molecule has 1 aromatic heterocycles. The Morgan fingerprint density at radius 1 is 1.06 bits per heavy atom. The van der Waals surface area contributed by atoms with E-state index in [-0.39, 0.29) is 11.4 Å². The summed E-state index contributed by atoms with van der Waals surface area (Å²) >= 11 is 1.22. The normalized spacial score (nSPS) is 15.1. The third-order valence-electron chi connectivity index (χ3n) is 5.63. The summed E-state index contributed by atoms with van der Waals surface area (Å²) in [6, 6.07) is 20.6. The molecule has 5 rings (SSSR count). The fourth-order valence-corrected chi connectivity index (χ4v) is 5.94. The molecule has 0 fully saturated rings. The molecule has 0 saturated carbocycles. The number of benzene rings is 3. The number of rotatable bonds is 6. The van der Waals surface area contributed by atoms with Crippen molar-refractivity contribution in [3.05, 3.63) is 78.4 Å². The van der Waals surface area contributed by atoms with Crippen molar-refractivity contribution in [2.75, 3.05) is 23.3 Å². The number of fused-ring (bicyclic) bond motifs is 1. The number of sulfonamides is 1. The van der Waals surface area contributed by atoms with E-state index >= 15 is 0 Å². The van der Waals surface area contributed by atoms with Gasteiger partial charge in [0.05, 0.1) is 24.2 Å². The summed E-state index contributed by atoms with van der Waals surface area (Å²) in [6.45, 7) is 1.79. The highest BCUT2D eigenvalue weighted by Crippen LogP contribution is 2.37. The van der Waals surface area contributed by atoms with Crippen LogP contribution in [-0.2, 0) is 14.8 Å². The van der Waals surface area contributed by atoms with E-state index in [1.165, 1.54) is 34.9 Å². The molecule has 3 aromatic carbocycles. The highest BCUT2D eigenvalue weighted by molar-refractivity contribution is 7.92. The van der Waals surface area contributed by atoms with Gasteiger partial charge in [-0.05, 0) is 43.3 Å². The molecular formula is C25H22N4O5S2. The van der Waals surface area contributed by atoms with Gasteiger partial charge in [0.1, 0.15) is 16.5 Å². The van der Waals surface area contributed by atoms with Gasteiger partial charge in [-0.1, -0.05) is 53.3 Å². The van der Waals surface area contributed by atoms with Crippen LogP contribution < -0.4 is 19.1 Å². The van der Waals surface area contributed by atoms with Crippen LogP contribution in [0.2, 0.25) is 0 Å². The van der Waals surface area contributed by atoms with Crippen molar-refractivity contribution in [3.8, 4) is 22.1 Å². The number of carbonyl (C=O) groups excluding carboxylic acids is 1. The molecule has 1 aliphatic heterocycles. The lowest BCUT2D eigenvalue weighted by Crippen LogP contribution is -2.48. The SMILES string of the molecule is COc1ccc(S(=O)(=O)N2C[C@H](C(=O)Nc3nnc(-c4ccc(C)cc4)s3)Oc3ccccc32)cc1. The quantitative estimate of drug-likeness (QED) is 0.406. The molecule has 0 saturated heterocycles. The van der Waals surface area contributed by atoms with Gasteiger partial charge in [-0.15, -0.1) is 10.2 Å². The average molecular weight is 523 g/mol. The summed E-state index contributed by atoms with van der Waals surface area (Å²) < 4.78 is 39.3. The number of nitrogens with one attached hydrogen (secondary N) is 1. The number of amides is 1. The Bertz CT molecular complexity index is 1500. The first-order valence-corrected chi connectivity index (χ1v) is 13.2. The van der Waals surface area contributed by atoms with Crippen molar-refractivity contribution in [2.24, 2.45) is 0 Å². The summed E-state index contributed by atoms with van der Waals surface area (Å²) in [5, 5.41) is 11.9. The van der Waals surface area contributed by atoms with E-state index in [9.17, 15) is 13.2 Å². The molecule has 0 unspecified atom stereocenters. The largest absolute Gasteiger partial charge is 0.497 e. The van der Waals surface area contributed by atoms with Crippen molar-refractivity contribution in [2.45, 2.75) is 17.9 Å². The Balaban J connectivity index is 1.39. The zero-order valence-corrected chi connectivity index (χ0v) is 21.0. The van der Waals surface area contributed by atoms with E-state index in [1.54, 1.807) is 36.4 Å². The number of para-hydroxylation sites is 2. The lowest BCUT2D eigenvalue weighted by Gasteiger charge is -2.34. The summed E-state index contributed by atoms with van der Waals surface area (Å²) in [6.07, 6.45) is -1.10. The van der Waals surface area contributed by atoms with E-state index in [0.29, 0.717) is 27.3 Å². The summed E-state index contributed by atoms with van der Waals surface area (Å²) in [7, 11) is -2.48. The second kappa shape index (κ2) is 9.59. The average Bonchev–Trinajstić information content (AvgIpc) is 3.36. The molecule has 1 N–H and O–H groups in total. The molecule has 1 atom stereocenters. The highest BCUT2D eigenvalue weighted by Gasteiger charge is 2.37. The Morgan fingerprint density at radius 3 is 2.50 bits per heavy atom. The van der Waals surface area contributed by atoms with E-state index in [1.807, 2.05) is 31.2 Å². The number of aromatic nitrogens is 2. The van der Waals surface area contributed by atoms with Crippen LogP contribution in [0, 0.1) is 6.92 Å². The summed E-state index contributed by atoms with van der Waals surface area (Å²) in [5.41, 5.74) is 2.37. The van der Waals surface area contributed by atoms with Crippen LogP contribution in [0.25, 0.3) is 10.6 Å². The molecule has 2 heterocycles. The second-order valence-corrected chi connectivity index (χ2v) is 10.9. The summed E-state index contributed by atoms with van der Waals surface area (Å²) in [4.78, 5) is 13.2. The molecule has 0 radical (unpaired) electrons. The smallest absolute Gasteiger partial charge is 0.269 e. The summed E-state index contributed by atoms with van der Waals surface area (Å²) in [5.74, 6) is 0.306. The van der Waals surface area contributed by atoms with Gasteiger partial charge in [0.25, 0.3) is 15.9 Å². The molecule has 1 amide bonds. The zero-order valence-electron chi connectivity index (χ0n) is 19.4. The van der Waals surface area contributed by atoms with Gasteiger partial charge < -0.3 is 9.47 Å².